The topological polar surface area (TPSA) is 41.6 Å². The van der Waals surface area contributed by atoms with Gasteiger partial charge in [-0.05, 0) is 12.1 Å². The van der Waals surface area contributed by atoms with Crippen LogP contribution < -0.4 is 5.32 Å². The van der Waals surface area contributed by atoms with Crippen LogP contribution in [0.5, 0.6) is 0 Å². The van der Waals surface area contributed by atoms with Crippen molar-refractivity contribution in [1.29, 1.82) is 0 Å². The van der Waals surface area contributed by atoms with E-state index in [0.29, 0.717) is 43.4 Å². The molecule has 0 spiro atoms. The second-order valence-corrected chi connectivity index (χ2v) is 5.81. The summed E-state index contributed by atoms with van der Waals surface area (Å²) in [5.74, 6) is -0.452. The minimum absolute atomic E-state index is 0.0228. The lowest BCUT2D eigenvalue weighted by Gasteiger charge is -2.27. The fraction of sp³-hybridized carbons (Fsp3) is 0.500. The van der Waals surface area contributed by atoms with Crippen molar-refractivity contribution in [3.63, 3.8) is 0 Å². The molecule has 0 aliphatic carbocycles. The molecule has 108 valence electrons. The predicted octanol–water partition coefficient (Wildman–Crippen LogP) is 1.43. The standard InChI is InChI=1S/C14H16ClFN2O2/c15-11-2-1-9(13(16)3-11)4-18-5-10-7-20-8-12(6-18)17-14(10)19/h1-3,10,12H,4-8H2,(H,17,19)/t10-,12+/m1/s1. The molecule has 2 aliphatic heterocycles. The molecule has 0 aromatic heterocycles. The molecule has 0 radical (unpaired) electrons. The highest BCUT2D eigenvalue weighted by atomic mass is 35.5. The van der Waals surface area contributed by atoms with Crippen LogP contribution >= 0.6 is 11.6 Å². The number of ether oxygens (including phenoxy) is 1. The number of nitrogens with zero attached hydrogens (tertiary/aromatic N) is 1. The zero-order valence-electron chi connectivity index (χ0n) is 10.9. The van der Waals surface area contributed by atoms with Crippen LogP contribution in [0.3, 0.4) is 0 Å². The van der Waals surface area contributed by atoms with Crippen LogP contribution in [0.2, 0.25) is 5.02 Å². The zero-order chi connectivity index (χ0) is 14.1. The van der Waals surface area contributed by atoms with Crippen LogP contribution in [0, 0.1) is 11.7 Å². The molecule has 6 heteroatoms. The third-order valence-electron chi connectivity index (χ3n) is 3.72. The van der Waals surface area contributed by atoms with Crippen molar-refractivity contribution in [2.45, 2.75) is 12.6 Å². The largest absolute Gasteiger partial charge is 0.378 e. The summed E-state index contributed by atoms with van der Waals surface area (Å²) in [6, 6.07) is 4.68. The first kappa shape index (κ1) is 13.8. The third kappa shape index (κ3) is 2.95. The minimum Gasteiger partial charge on any atom is -0.378 e. The third-order valence-corrected chi connectivity index (χ3v) is 3.96. The summed E-state index contributed by atoms with van der Waals surface area (Å²) in [4.78, 5) is 14.0. The number of carbonyl (C=O) groups excluding carboxylic acids is 1. The molecule has 2 heterocycles. The molecule has 0 saturated carbocycles. The van der Waals surface area contributed by atoms with Crippen molar-refractivity contribution in [1.82, 2.24) is 10.2 Å². The van der Waals surface area contributed by atoms with Gasteiger partial charge in [0.25, 0.3) is 0 Å². The van der Waals surface area contributed by atoms with E-state index < -0.39 is 0 Å². The number of nitrogens with one attached hydrogen (secondary N) is 1. The van der Waals surface area contributed by atoms with Gasteiger partial charge in [0.15, 0.2) is 0 Å². The van der Waals surface area contributed by atoms with Crippen molar-refractivity contribution in [3.05, 3.63) is 34.6 Å². The molecule has 1 aromatic rings. The number of benzene rings is 1. The van der Waals surface area contributed by atoms with Gasteiger partial charge < -0.3 is 10.1 Å². The first-order valence-corrected chi connectivity index (χ1v) is 7.04. The average molecular weight is 299 g/mol. The van der Waals surface area contributed by atoms with Crippen LogP contribution in [0.25, 0.3) is 0 Å². The van der Waals surface area contributed by atoms with Gasteiger partial charge in [0, 0.05) is 30.2 Å². The van der Waals surface area contributed by atoms with Crippen molar-refractivity contribution in [3.8, 4) is 0 Å². The molecule has 1 amide bonds. The zero-order valence-corrected chi connectivity index (χ0v) is 11.7. The van der Waals surface area contributed by atoms with Crippen LogP contribution in [0.4, 0.5) is 4.39 Å². The van der Waals surface area contributed by atoms with Crippen molar-refractivity contribution >= 4 is 17.5 Å². The summed E-state index contributed by atoms with van der Waals surface area (Å²) in [7, 11) is 0. The van der Waals surface area contributed by atoms with E-state index in [9.17, 15) is 9.18 Å². The van der Waals surface area contributed by atoms with Gasteiger partial charge in [0.1, 0.15) is 5.82 Å². The Morgan fingerprint density at radius 2 is 2.25 bits per heavy atom. The Labute approximate surface area is 121 Å². The maximum atomic E-state index is 13.9. The summed E-state index contributed by atoms with van der Waals surface area (Å²) in [6.45, 7) is 2.68. The van der Waals surface area contributed by atoms with Crippen LogP contribution in [-0.2, 0) is 16.1 Å². The molecule has 3 rings (SSSR count). The van der Waals surface area contributed by atoms with E-state index in [4.69, 9.17) is 16.3 Å². The highest BCUT2D eigenvalue weighted by molar-refractivity contribution is 6.30. The Bertz CT molecular complexity index is 526. The summed E-state index contributed by atoms with van der Waals surface area (Å²) in [5, 5.41) is 3.35. The van der Waals surface area contributed by atoms with Crippen molar-refractivity contribution in [2.75, 3.05) is 26.3 Å². The summed E-state index contributed by atoms with van der Waals surface area (Å²) in [5.41, 5.74) is 0.600. The van der Waals surface area contributed by atoms with Crippen LogP contribution in [0.15, 0.2) is 18.2 Å². The predicted molar refractivity (Wildman–Crippen MR) is 72.9 cm³/mol. The maximum absolute atomic E-state index is 13.9. The maximum Gasteiger partial charge on any atom is 0.227 e. The normalized spacial score (nSPS) is 27.0. The Kier molecular flexibility index (Phi) is 3.92. The second kappa shape index (κ2) is 5.68. The van der Waals surface area contributed by atoms with Gasteiger partial charge in [-0.3, -0.25) is 9.69 Å². The lowest BCUT2D eigenvalue weighted by atomic mass is 10.1. The molecule has 2 bridgehead atoms. The highest BCUT2D eigenvalue weighted by Gasteiger charge is 2.33. The monoisotopic (exact) mass is 298 g/mol. The molecule has 2 atom stereocenters. The molecule has 20 heavy (non-hydrogen) atoms. The van der Waals surface area contributed by atoms with E-state index in [1.54, 1.807) is 12.1 Å². The van der Waals surface area contributed by atoms with E-state index in [0.717, 1.165) is 0 Å². The molecule has 1 N–H and O–H groups in total. The number of carbonyl (C=O) groups is 1. The number of fused-ring (bicyclic) bond motifs is 3. The Balaban J connectivity index is 1.76. The molecule has 2 aliphatic rings. The van der Waals surface area contributed by atoms with Crippen LogP contribution in [0.1, 0.15) is 5.56 Å². The molecule has 4 nitrogen and oxygen atoms in total. The van der Waals surface area contributed by atoms with E-state index >= 15 is 0 Å². The van der Waals surface area contributed by atoms with Crippen molar-refractivity contribution in [2.24, 2.45) is 5.92 Å². The lowest BCUT2D eigenvalue weighted by Crippen LogP contribution is -2.41. The fourth-order valence-corrected chi connectivity index (χ4v) is 2.90. The van der Waals surface area contributed by atoms with E-state index in [-0.39, 0.29) is 23.7 Å². The molecule has 2 fully saturated rings. The van der Waals surface area contributed by atoms with Gasteiger partial charge in [-0.15, -0.1) is 0 Å². The van der Waals surface area contributed by atoms with Crippen LogP contribution in [-0.4, -0.2) is 43.2 Å². The average Bonchev–Trinajstić information content (AvgIpc) is 2.61. The van der Waals surface area contributed by atoms with Gasteiger partial charge in [-0.1, -0.05) is 17.7 Å². The SMILES string of the molecule is O=C1N[C@@H]2COC[C@H]1CN(Cc1ccc(Cl)cc1F)C2. The molecular formula is C14H16ClFN2O2. The number of hydrogen-bond donors (Lipinski definition) is 1. The minimum atomic E-state index is -0.303. The quantitative estimate of drug-likeness (QED) is 0.898. The summed E-state index contributed by atoms with van der Waals surface area (Å²) < 4.78 is 19.3. The molecule has 0 unspecified atom stereocenters. The second-order valence-electron chi connectivity index (χ2n) is 5.37. The summed E-state index contributed by atoms with van der Waals surface area (Å²) >= 11 is 5.76. The Morgan fingerprint density at radius 1 is 1.40 bits per heavy atom. The number of hydrogen-bond acceptors (Lipinski definition) is 3. The Hall–Kier alpha value is -1.17. The van der Waals surface area contributed by atoms with Gasteiger partial charge in [-0.25, -0.2) is 4.39 Å². The molecule has 1 aromatic carbocycles. The van der Waals surface area contributed by atoms with Gasteiger partial charge >= 0.3 is 0 Å². The number of amides is 1. The van der Waals surface area contributed by atoms with Gasteiger partial charge in [0.2, 0.25) is 5.91 Å². The fourth-order valence-electron chi connectivity index (χ4n) is 2.74. The molecular weight excluding hydrogens is 283 g/mol. The molecule has 2 saturated heterocycles. The van der Waals surface area contributed by atoms with E-state index in [2.05, 4.69) is 10.2 Å². The van der Waals surface area contributed by atoms with Crippen molar-refractivity contribution < 1.29 is 13.9 Å². The first-order valence-electron chi connectivity index (χ1n) is 6.66. The summed E-state index contributed by atoms with van der Waals surface area (Å²) in [6.07, 6.45) is 0. The van der Waals surface area contributed by atoms with Gasteiger partial charge in [-0.2, -0.15) is 0 Å². The Morgan fingerprint density at radius 3 is 3.05 bits per heavy atom. The van der Waals surface area contributed by atoms with E-state index in [1.165, 1.54) is 6.07 Å². The highest BCUT2D eigenvalue weighted by Crippen LogP contribution is 2.19. The first-order chi connectivity index (χ1) is 9.61. The number of rotatable bonds is 2. The smallest absolute Gasteiger partial charge is 0.227 e. The number of halogens is 2. The lowest BCUT2D eigenvalue weighted by molar-refractivity contribution is -0.125. The van der Waals surface area contributed by atoms with E-state index in [1.807, 2.05) is 0 Å². The van der Waals surface area contributed by atoms with Gasteiger partial charge in [0.05, 0.1) is 25.2 Å².